The van der Waals surface area contributed by atoms with Crippen LogP contribution in [0.15, 0.2) is 36.7 Å². The highest BCUT2D eigenvalue weighted by atomic mass is 19.1. The molecule has 1 N–H and O–H groups in total. The number of amides is 1. The van der Waals surface area contributed by atoms with Gasteiger partial charge in [0.15, 0.2) is 6.10 Å². The zero-order valence-electron chi connectivity index (χ0n) is 13.6. The molecule has 1 aromatic heterocycles. The van der Waals surface area contributed by atoms with E-state index in [-0.39, 0.29) is 12.2 Å². The number of hydrogen-bond acceptors (Lipinski definition) is 6. The fraction of sp³-hybridized carbons (Fsp3) is 0.250. The van der Waals surface area contributed by atoms with Crippen LogP contribution in [-0.4, -0.2) is 41.5 Å². The van der Waals surface area contributed by atoms with Gasteiger partial charge in [0.05, 0.1) is 5.69 Å². The Hall–Kier alpha value is -3.10. The zero-order valence-corrected chi connectivity index (χ0v) is 13.6. The van der Waals surface area contributed by atoms with Gasteiger partial charge in [0.2, 0.25) is 5.95 Å². The average Bonchev–Trinajstić information content (AvgIpc) is 2.58. The molecule has 0 saturated carbocycles. The molecule has 0 spiro atoms. The van der Waals surface area contributed by atoms with Gasteiger partial charge < -0.3 is 15.0 Å². The molecule has 0 fully saturated rings. The maximum Gasteiger partial charge on any atom is 0.326 e. The summed E-state index contributed by atoms with van der Waals surface area (Å²) in [4.78, 5) is 33.2. The molecule has 0 saturated heterocycles. The van der Waals surface area contributed by atoms with E-state index in [4.69, 9.17) is 4.74 Å². The van der Waals surface area contributed by atoms with Crippen molar-refractivity contribution in [1.29, 1.82) is 0 Å². The number of anilines is 2. The molecule has 25 heavy (non-hydrogen) atoms. The lowest BCUT2D eigenvalue weighted by Crippen LogP contribution is -2.35. The minimum atomic E-state index is -1.19. The number of carbonyl (C=O) groups is 2. The first-order valence-corrected chi connectivity index (χ1v) is 7.30. The summed E-state index contributed by atoms with van der Waals surface area (Å²) in [5.74, 6) is -2.66. The third-order valence-corrected chi connectivity index (χ3v) is 3.12. The van der Waals surface area contributed by atoms with Crippen molar-refractivity contribution >= 4 is 23.5 Å². The smallest absolute Gasteiger partial charge is 0.326 e. The molecule has 2 aromatic rings. The van der Waals surface area contributed by atoms with Gasteiger partial charge in [-0.1, -0.05) is 0 Å². The fourth-order valence-electron chi connectivity index (χ4n) is 1.87. The number of nitrogens with zero attached hydrogens (tertiary/aromatic N) is 3. The molecule has 0 bridgehead atoms. The lowest BCUT2D eigenvalue weighted by Gasteiger charge is -2.18. The van der Waals surface area contributed by atoms with E-state index in [9.17, 15) is 18.4 Å². The zero-order chi connectivity index (χ0) is 18.4. The van der Waals surface area contributed by atoms with Crippen LogP contribution in [0.25, 0.3) is 0 Å². The predicted octanol–water partition coefficient (Wildman–Crippen LogP) is 1.76. The fourth-order valence-corrected chi connectivity index (χ4v) is 1.87. The van der Waals surface area contributed by atoms with Crippen LogP contribution in [0, 0.1) is 11.6 Å². The lowest BCUT2D eigenvalue weighted by atomic mass is 10.2. The largest absolute Gasteiger partial charge is 0.451 e. The van der Waals surface area contributed by atoms with Gasteiger partial charge in [0.1, 0.15) is 18.2 Å². The highest BCUT2D eigenvalue weighted by molar-refractivity contribution is 5.95. The van der Waals surface area contributed by atoms with Crippen molar-refractivity contribution in [3.8, 4) is 0 Å². The van der Waals surface area contributed by atoms with Crippen molar-refractivity contribution in [3.05, 3.63) is 48.3 Å². The molecule has 7 nitrogen and oxygen atoms in total. The van der Waals surface area contributed by atoms with Crippen molar-refractivity contribution in [2.45, 2.75) is 13.0 Å². The molecule has 9 heteroatoms. The maximum atomic E-state index is 13.5. The molecule has 0 unspecified atom stereocenters. The summed E-state index contributed by atoms with van der Waals surface area (Å²) in [6, 6.07) is 4.28. The van der Waals surface area contributed by atoms with E-state index >= 15 is 0 Å². The molecule has 2 rings (SSSR count). The van der Waals surface area contributed by atoms with Gasteiger partial charge in [0, 0.05) is 25.5 Å². The first-order chi connectivity index (χ1) is 11.9. The van der Waals surface area contributed by atoms with Crippen molar-refractivity contribution < 1.29 is 23.1 Å². The Morgan fingerprint density at radius 3 is 2.64 bits per heavy atom. The lowest BCUT2D eigenvalue weighted by molar-refractivity contribution is -0.151. The number of aromatic nitrogens is 2. The third-order valence-electron chi connectivity index (χ3n) is 3.12. The maximum absolute atomic E-state index is 13.5. The molecular weight excluding hydrogens is 334 g/mol. The van der Waals surface area contributed by atoms with Crippen LogP contribution in [0.3, 0.4) is 0 Å². The summed E-state index contributed by atoms with van der Waals surface area (Å²) in [6.45, 7) is 1.14. The summed E-state index contributed by atoms with van der Waals surface area (Å²) in [5, 5.41) is 2.17. The number of esters is 1. The van der Waals surface area contributed by atoms with Gasteiger partial charge in [-0.15, -0.1) is 0 Å². The summed E-state index contributed by atoms with van der Waals surface area (Å²) in [5.41, 5.74) is -0.331. The number of likely N-dealkylation sites (N-methyl/N-ethyl adjacent to an activating group) is 1. The van der Waals surface area contributed by atoms with Crippen LogP contribution >= 0.6 is 0 Å². The Kier molecular flexibility index (Phi) is 5.93. The third kappa shape index (κ3) is 5.20. The molecule has 0 aliphatic rings. The number of nitrogens with one attached hydrogen (secondary N) is 1. The topological polar surface area (TPSA) is 84.4 Å². The number of carbonyl (C=O) groups excluding carboxylic acids is 2. The van der Waals surface area contributed by atoms with E-state index in [0.29, 0.717) is 5.95 Å². The van der Waals surface area contributed by atoms with E-state index in [1.165, 1.54) is 24.2 Å². The van der Waals surface area contributed by atoms with E-state index in [0.717, 1.165) is 18.2 Å². The molecule has 1 amide bonds. The molecule has 1 aromatic carbocycles. The van der Waals surface area contributed by atoms with Gasteiger partial charge in [-0.2, -0.15) is 0 Å². The SMILES string of the molecule is C[C@H](OC(=O)CN(C)c1ncccn1)C(=O)Nc1cc(F)ccc1F. The Morgan fingerprint density at radius 2 is 1.96 bits per heavy atom. The Bertz CT molecular complexity index is 758. The number of benzene rings is 1. The van der Waals surface area contributed by atoms with Gasteiger partial charge in [0.25, 0.3) is 5.91 Å². The van der Waals surface area contributed by atoms with Crippen molar-refractivity contribution in [2.75, 3.05) is 23.8 Å². The van der Waals surface area contributed by atoms with Crippen LogP contribution in [0.5, 0.6) is 0 Å². The summed E-state index contributed by atoms with van der Waals surface area (Å²) < 4.78 is 31.6. The molecule has 1 heterocycles. The van der Waals surface area contributed by atoms with E-state index < -0.39 is 29.6 Å². The second-order valence-corrected chi connectivity index (χ2v) is 5.15. The van der Waals surface area contributed by atoms with Crippen LogP contribution in [0.2, 0.25) is 0 Å². The predicted molar refractivity (Wildman–Crippen MR) is 85.8 cm³/mol. The second kappa shape index (κ2) is 8.13. The second-order valence-electron chi connectivity index (χ2n) is 5.15. The normalized spacial score (nSPS) is 11.5. The van der Waals surface area contributed by atoms with E-state index in [2.05, 4.69) is 15.3 Å². The molecule has 1 atom stereocenters. The van der Waals surface area contributed by atoms with Crippen molar-refractivity contribution in [3.63, 3.8) is 0 Å². The minimum absolute atomic E-state index is 0.185. The number of ether oxygens (including phenoxy) is 1. The monoisotopic (exact) mass is 350 g/mol. The summed E-state index contributed by atoms with van der Waals surface area (Å²) in [6.07, 6.45) is 1.85. The molecule has 0 aliphatic carbocycles. The summed E-state index contributed by atoms with van der Waals surface area (Å²) in [7, 11) is 1.59. The van der Waals surface area contributed by atoms with Gasteiger partial charge in [-0.25, -0.2) is 18.7 Å². The Morgan fingerprint density at radius 1 is 1.28 bits per heavy atom. The van der Waals surface area contributed by atoms with Gasteiger partial charge >= 0.3 is 5.97 Å². The first-order valence-electron chi connectivity index (χ1n) is 7.30. The van der Waals surface area contributed by atoms with Crippen molar-refractivity contribution in [2.24, 2.45) is 0 Å². The molecular formula is C16H16F2N4O3. The van der Waals surface area contributed by atoms with Crippen LogP contribution in [0.4, 0.5) is 20.4 Å². The Labute approximate surface area is 142 Å². The average molecular weight is 350 g/mol. The molecule has 0 radical (unpaired) electrons. The number of halogens is 2. The van der Waals surface area contributed by atoms with Crippen molar-refractivity contribution in [1.82, 2.24) is 9.97 Å². The van der Waals surface area contributed by atoms with E-state index in [1.807, 2.05) is 0 Å². The first kappa shape index (κ1) is 18.2. The highest BCUT2D eigenvalue weighted by Crippen LogP contribution is 2.15. The minimum Gasteiger partial charge on any atom is -0.451 e. The van der Waals surface area contributed by atoms with Crippen LogP contribution in [-0.2, 0) is 14.3 Å². The molecule has 0 aliphatic heterocycles. The molecule has 132 valence electrons. The quantitative estimate of drug-likeness (QED) is 0.799. The highest BCUT2D eigenvalue weighted by Gasteiger charge is 2.20. The standard InChI is InChI=1S/C16H16F2N4O3/c1-10(15(24)21-13-8-11(17)4-5-12(13)18)25-14(23)9-22(2)16-19-6-3-7-20-16/h3-8,10H,9H2,1-2H3,(H,21,24)/t10-/m0/s1. The van der Waals surface area contributed by atoms with E-state index in [1.54, 1.807) is 13.1 Å². The van der Waals surface area contributed by atoms with Gasteiger partial charge in [-0.3, -0.25) is 9.59 Å². The van der Waals surface area contributed by atoms with Crippen LogP contribution < -0.4 is 10.2 Å². The Balaban J connectivity index is 1.90. The number of hydrogen-bond donors (Lipinski definition) is 1. The number of rotatable bonds is 6. The summed E-state index contributed by atoms with van der Waals surface area (Å²) >= 11 is 0. The van der Waals surface area contributed by atoms with Gasteiger partial charge in [-0.05, 0) is 25.1 Å². The van der Waals surface area contributed by atoms with Crippen LogP contribution in [0.1, 0.15) is 6.92 Å².